The van der Waals surface area contributed by atoms with Crippen LogP contribution in [-0.2, 0) is 14.8 Å². The Balaban J connectivity index is 1.91. The number of ether oxygens (including phenoxy) is 1. The maximum atomic E-state index is 12.9. The largest absolute Gasteiger partial charge is 0.371 e. The van der Waals surface area contributed by atoms with Crippen molar-refractivity contribution >= 4 is 21.6 Å². The van der Waals surface area contributed by atoms with Gasteiger partial charge in [0.25, 0.3) is 0 Å². The van der Waals surface area contributed by atoms with Gasteiger partial charge < -0.3 is 9.26 Å². The van der Waals surface area contributed by atoms with Gasteiger partial charge in [0, 0.05) is 23.7 Å². The smallest absolute Gasteiger partial charge is 0.248 e. The van der Waals surface area contributed by atoms with Crippen LogP contribution in [0.1, 0.15) is 23.1 Å². The number of rotatable bonds is 3. The minimum atomic E-state index is -3.68. The molecule has 3 rings (SSSR count). The summed E-state index contributed by atoms with van der Waals surface area (Å²) in [6.45, 7) is 4.01. The molecule has 1 unspecified atom stereocenters. The Hall–Kier alpha value is -1.41. The number of benzene rings is 1. The van der Waals surface area contributed by atoms with E-state index in [0.717, 1.165) is 5.56 Å². The molecule has 1 aromatic heterocycles. The van der Waals surface area contributed by atoms with Crippen molar-refractivity contribution in [3.8, 4) is 0 Å². The van der Waals surface area contributed by atoms with Crippen LogP contribution in [-0.4, -0.2) is 37.6 Å². The lowest BCUT2D eigenvalue weighted by Gasteiger charge is -2.32. The Morgan fingerprint density at radius 3 is 2.70 bits per heavy atom. The molecule has 6 nitrogen and oxygen atoms in total. The Bertz CT molecular complexity index is 799. The molecule has 1 aliphatic rings. The van der Waals surface area contributed by atoms with Gasteiger partial charge in [0.1, 0.15) is 10.6 Å². The molecule has 0 radical (unpaired) electrons. The molecule has 0 amide bonds. The zero-order valence-corrected chi connectivity index (χ0v) is 14.4. The molecule has 1 saturated heterocycles. The van der Waals surface area contributed by atoms with E-state index < -0.39 is 16.1 Å². The second kappa shape index (κ2) is 6.24. The third-order valence-corrected chi connectivity index (χ3v) is 6.30. The zero-order chi connectivity index (χ0) is 16.6. The fourth-order valence-electron chi connectivity index (χ4n) is 2.74. The van der Waals surface area contributed by atoms with E-state index in [1.807, 2.05) is 18.2 Å². The molecule has 1 fully saturated rings. The van der Waals surface area contributed by atoms with E-state index in [1.165, 1.54) is 4.31 Å². The van der Waals surface area contributed by atoms with Gasteiger partial charge >= 0.3 is 0 Å². The molecular formula is C15H17ClN2O4S. The van der Waals surface area contributed by atoms with Crippen molar-refractivity contribution in [2.45, 2.75) is 24.8 Å². The van der Waals surface area contributed by atoms with Gasteiger partial charge in [0.2, 0.25) is 10.0 Å². The summed E-state index contributed by atoms with van der Waals surface area (Å²) in [6, 6.07) is 7.29. The van der Waals surface area contributed by atoms with Gasteiger partial charge in [-0.1, -0.05) is 35.0 Å². The number of aromatic nitrogens is 1. The highest BCUT2D eigenvalue weighted by Gasteiger charge is 2.35. The van der Waals surface area contributed by atoms with Crippen molar-refractivity contribution in [3.63, 3.8) is 0 Å². The fourth-order valence-corrected chi connectivity index (χ4v) is 4.71. The second-order valence-corrected chi connectivity index (χ2v) is 7.68. The molecule has 1 aliphatic heterocycles. The van der Waals surface area contributed by atoms with Gasteiger partial charge in [0.15, 0.2) is 5.76 Å². The van der Waals surface area contributed by atoms with Crippen LogP contribution in [0, 0.1) is 13.8 Å². The minimum absolute atomic E-state index is 0.136. The Kier molecular flexibility index (Phi) is 4.46. The summed E-state index contributed by atoms with van der Waals surface area (Å²) in [6.07, 6.45) is -0.396. The summed E-state index contributed by atoms with van der Waals surface area (Å²) < 4.78 is 37.9. The van der Waals surface area contributed by atoms with Crippen molar-refractivity contribution < 1.29 is 17.7 Å². The van der Waals surface area contributed by atoms with Crippen molar-refractivity contribution in [2.75, 3.05) is 19.7 Å². The molecule has 8 heteroatoms. The van der Waals surface area contributed by atoms with Gasteiger partial charge in [-0.15, -0.1) is 0 Å². The molecule has 0 spiro atoms. The van der Waals surface area contributed by atoms with E-state index in [2.05, 4.69) is 5.16 Å². The average molecular weight is 357 g/mol. The maximum Gasteiger partial charge on any atom is 0.248 e. The van der Waals surface area contributed by atoms with E-state index >= 15 is 0 Å². The Labute approximate surface area is 140 Å². The normalized spacial score (nSPS) is 19.9. The molecule has 124 valence electrons. The number of morpholine rings is 1. The lowest BCUT2D eigenvalue weighted by molar-refractivity contribution is -0.00253. The van der Waals surface area contributed by atoms with E-state index in [1.54, 1.807) is 19.9 Å². The Morgan fingerprint density at radius 1 is 1.30 bits per heavy atom. The molecule has 1 aromatic carbocycles. The number of nitrogens with zero attached hydrogens (tertiary/aromatic N) is 2. The van der Waals surface area contributed by atoms with Gasteiger partial charge in [-0.2, -0.15) is 4.31 Å². The number of halogens is 1. The fraction of sp³-hybridized carbons (Fsp3) is 0.400. The summed E-state index contributed by atoms with van der Waals surface area (Å²) in [7, 11) is -3.68. The standard InChI is InChI=1S/C15H17ClN2O4S/c1-10-15(11(2)22-17-10)23(19,20)18-7-8-21-14(9-18)12-5-3-4-6-13(12)16/h3-6,14H,7-9H2,1-2H3. The van der Waals surface area contributed by atoms with Crippen LogP contribution < -0.4 is 0 Å². The van der Waals surface area contributed by atoms with Gasteiger partial charge in [0.05, 0.1) is 12.7 Å². The van der Waals surface area contributed by atoms with E-state index in [0.29, 0.717) is 23.1 Å². The van der Waals surface area contributed by atoms with Crippen LogP contribution in [0.15, 0.2) is 33.7 Å². The molecule has 23 heavy (non-hydrogen) atoms. The monoisotopic (exact) mass is 356 g/mol. The lowest BCUT2D eigenvalue weighted by atomic mass is 10.1. The highest BCUT2D eigenvalue weighted by Crippen LogP contribution is 2.31. The first-order valence-corrected chi connectivity index (χ1v) is 9.02. The van der Waals surface area contributed by atoms with Crippen LogP contribution in [0.4, 0.5) is 0 Å². The van der Waals surface area contributed by atoms with Crippen LogP contribution >= 0.6 is 11.6 Å². The Morgan fingerprint density at radius 2 is 2.04 bits per heavy atom. The SMILES string of the molecule is Cc1noc(C)c1S(=O)(=O)N1CCOC(c2ccccc2Cl)C1. The summed E-state index contributed by atoms with van der Waals surface area (Å²) in [5.41, 5.74) is 1.15. The highest BCUT2D eigenvalue weighted by molar-refractivity contribution is 7.89. The van der Waals surface area contributed by atoms with Crippen molar-refractivity contribution in [1.29, 1.82) is 0 Å². The lowest BCUT2D eigenvalue weighted by Crippen LogP contribution is -2.42. The predicted molar refractivity (Wildman–Crippen MR) is 84.9 cm³/mol. The summed E-state index contributed by atoms with van der Waals surface area (Å²) in [5.74, 6) is 0.295. The highest BCUT2D eigenvalue weighted by atomic mass is 35.5. The second-order valence-electron chi connectivity index (χ2n) is 5.40. The van der Waals surface area contributed by atoms with Gasteiger partial charge in [-0.05, 0) is 19.9 Å². The minimum Gasteiger partial charge on any atom is -0.371 e. The summed E-state index contributed by atoms with van der Waals surface area (Å²) in [5, 5.41) is 4.30. The van der Waals surface area contributed by atoms with Crippen LogP contribution in [0.5, 0.6) is 0 Å². The first-order valence-electron chi connectivity index (χ1n) is 7.20. The first-order chi connectivity index (χ1) is 10.9. The predicted octanol–water partition coefficient (Wildman–Crippen LogP) is 2.71. The van der Waals surface area contributed by atoms with Crippen LogP contribution in [0.3, 0.4) is 0 Å². The molecular weight excluding hydrogens is 340 g/mol. The molecule has 0 saturated carbocycles. The topological polar surface area (TPSA) is 72.6 Å². The number of hydrogen-bond donors (Lipinski definition) is 0. The van der Waals surface area contributed by atoms with Crippen molar-refractivity contribution in [3.05, 3.63) is 46.3 Å². The first kappa shape index (κ1) is 16.4. The average Bonchev–Trinajstić information content (AvgIpc) is 2.87. The number of aryl methyl sites for hydroxylation is 2. The molecule has 0 aliphatic carbocycles. The third-order valence-electron chi connectivity index (χ3n) is 3.85. The molecule has 0 N–H and O–H groups in total. The number of hydrogen-bond acceptors (Lipinski definition) is 5. The van der Waals surface area contributed by atoms with E-state index in [-0.39, 0.29) is 18.0 Å². The zero-order valence-electron chi connectivity index (χ0n) is 12.8. The molecule has 2 heterocycles. The van der Waals surface area contributed by atoms with E-state index in [4.69, 9.17) is 20.9 Å². The molecule has 1 atom stereocenters. The molecule has 2 aromatic rings. The van der Waals surface area contributed by atoms with Gasteiger partial charge in [-0.25, -0.2) is 8.42 Å². The molecule has 0 bridgehead atoms. The maximum absolute atomic E-state index is 12.9. The van der Waals surface area contributed by atoms with Gasteiger partial charge in [-0.3, -0.25) is 0 Å². The van der Waals surface area contributed by atoms with Crippen LogP contribution in [0.2, 0.25) is 5.02 Å². The van der Waals surface area contributed by atoms with Crippen molar-refractivity contribution in [1.82, 2.24) is 9.46 Å². The van der Waals surface area contributed by atoms with E-state index in [9.17, 15) is 8.42 Å². The number of sulfonamides is 1. The third kappa shape index (κ3) is 3.01. The van der Waals surface area contributed by atoms with Crippen LogP contribution in [0.25, 0.3) is 0 Å². The van der Waals surface area contributed by atoms with Crippen molar-refractivity contribution in [2.24, 2.45) is 0 Å². The summed E-state index contributed by atoms with van der Waals surface area (Å²) >= 11 is 6.20. The quantitative estimate of drug-likeness (QED) is 0.845. The summed E-state index contributed by atoms with van der Waals surface area (Å²) in [4.78, 5) is 0.136.